The number of hydrogen-bond acceptors (Lipinski definition) is 6. The molecule has 8 nitrogen and oxygen atoms in total. The predicted molar refractivity (Wildman–Crippen MR) is 132 cm³/mol. The fourth-order valence-electron chi connectivity index (χ4n) is 3.95. The Morgan fingerprint density at radius 1 is 0.882 bits per heavy atom. The van der Waals surface area contributed by atoms with E-state index in [4.69, 9.17) is 14.7 Å². The fourth-order valence-corrected chi connectivity index (χ4v) is 3.95. The Kier molecular flexibility index (Phi) is 4.62. The van der Waals surface area contributed by atoms with Crippen molar-refractivity contribution in [3.05, 3.63) is 101 Å². The summed E-state index contributed by atoms with van der Waals surface area (Å²) < 4.78 is 8.38. The summed E-state index contributed by atoms with van der Waals surface area (Å²) in [5.74, 6) is 0.723. The quantitative estimate of drug-likeness (QED) is 0.379. The van der Waals surface area contributed by atoms with Crippen LogP contribution in [0.1, 0.15) is 5.56 Å². The first-order chi connectivity index (χ1) is 16.7. The van der Waals surface area contributed by atoms with E-state index in [1.54, 1.807) is 18.0 Å². The van der Waals surface area contributed by atoms with Gasteiger partial charge in [0.15, 0.2) is 11.3 Å². The minimum absolute atomic E-state index is 0.235. The van der Waals surface area contributed by atoms with Gasteiger partial charge in [-0.2, -0.15) is 9.78 Å². The summed E-state index contributed by atoms with van der Waals surface area (Å²) in [6.07, 6.45) is 3.19. The van der Waals surface area contributed by atoms with E-state index in [2.05, 4.69) is 10.1 Å². The highest BCUT2D eigenvalue weighted by molar-refractivity contribution is 6.05. The Morgan fingerprint density at radius 2 is 1.65 bits per heavy atom. The van der Waals surface area contributed by atoms with Crippen molar-refractivity contribution in [3.63, 3.8) is 0 Å². The van der Waals surface area contributed by atoms with Crippen molar-refractivity contribution < 1.29 is 4.74 Å². The van der Waals surface area contributed by atoms with Crippen molar-refractivity contribution in [2.45, 2.75) is 0 Å². The van der Waals surface area contributed by atoms with Gasteiger partial charge < -0.3 is 4.74 Å². The second-order valence-electron chi connectivity index (χ2n) is 7.67. The molecule has 0 saturated heterocycles. The minimum Gasteiger partial charge on any atom is -0.497 e. The molecule has 0 aliphatic rings. The van der Waals surface area contributed by atoms with Gasteiger partial charge >= 0.3 is 0 Å². The molecular weight excluding hydrogens is 428 g/mol. The monoisotopic (exact) mass is 446 g/mol. The molecule has 34 heavy (non-hydrogen) atoms. The normalized spacial score (nSPS) is 11.7. The molecule has 8 heteroatoms. The van der Waals surface area contributed by atoms with Gasteiger partial charge in [0.05, 0.1) is 30.0 Å². The summed E-state index contributed by atoms with van der Waals surface area (Å²) in [7, 11) is 1.62. The molecule has 0 atom stereocenters. The van der Waals surface area contributed by atoms with E-state index in [0.717, 1.165) is 17.0 Å². The van der Waals surface area contributed by atoms with Crippen molar-refractivity contribution in [1.29, 1.82) is 0 Å². The van der Waals surface area contributed by atoms with E-state index >= 15 is 0 Å². The van der Waals surface area contributed by atoms with Crippen LogP contribution in [-0.2, 0) is 0 Å². The lowest BCUT2D eigenvalue weighted by atomic mass is 10.2. The minimum atomic E-state index is -0.235. The van der Waals surface area contributed by atoms with Gasteiger partial charge in [-0.15, -0.1) is 0 Å². The third kappa shape index (κ3) is 3.20. The van der Waals surface area contributed by atoms with E-state index in [1.807, 2.05) is 78.9 Å². The number of para-hydroxylation sites is 3. The first-order valence-corrected chi connectivity index (χ1v) is 10.7. The van der Waals surface area contributed by atoms with Crippen LogP contribution in [-0.4, -0.2) is 37.5 Å². The molecule has 3 heterocycles. The largest absolute Gasteiger partial charge is 0.497 e. The number of nitrogens with zero attached hydrogens (tertiary/aromatic N) is 6. The molecule has 0 fully saturated rings. The highest BCUT2D eigenvalue weighted by atomic mass is 16.5. The van der Waals surface area contributed by atoms with Crippen LogP contribution in [0.2, 0.25) is 0 Å². The van der Waals surface area contributed by atoms with Gasteiger partial charge in [0.25, 0.3) is 5.56 Å². The van der Waals surface area contributed by atoms with Gasteiger partial charge in [-0.25, -0.2) is 15.0 Å². The zero-order valence-corrected chi connectivity index (χ0v) is 18.2. The zero-order chi connectivity index (χ0) is 23.1. The smallest absolute Gasteiger partial charge is 0.269 e. The number of ether oxygens (including phenoxy) is 1. The number of benzene rings is 3. The van der Waals surface area contributed by atoms with Crippen molar-refractivity contribution in [1.82, 2.24) is 24.2 Å². The van der Waals surface area contributed by atoms with Gasteiger partial charge in [-0.1, -0.05) is 42.5 Å². The predicted octanol–water partition coefficient (Wildman–Crippen LogP) is 4.17. The van der Waals surface area contributed by atoms with Crippen LogP contribution in [0.25, 0.3) is 38.9 Å². The van der Waals surface area contributed by atoms with Crippen molar-refractivity contribution >= 4 is 39.4 Å². The molecule has 0 radical (unpaired) electrons. The lowest BCUT2D eigenvalue weighted by Crippen LogP contribution is -2.18. The number of methoxy groups -OCH3 is 1. The molecule has 3 aromatic carbocycles. The van der Waals surface area contributed by atoms with E-state index in [9.17, 15) is 4.79 Å². The van der Waals surface area contributed by atoms with E-state index in [0.29, 0.717) is 33.2 Å². The molecule has 0 N–H and O–H groups in total. The molecule has 0 spiro atoms. The van der Waals surface area contributed by atoms with Gasteiger partial charge in [0, 0.05) is 0 Å². The molecule has 0 saturated carbocycles. The molecule has 6 rings (SSSR count). The zero-order valence-electron chi connectivity index (χ0n) is 18.2. The van der Waals surface area contributed by atoms with Crippen molar-refractivity contribution in [3.8, 4) is 11.4 Å². The van der Waals surface area contributed by atoms with Crippen molar-refractivity contribution in [2.75, 3.05) is 7.11 Å². The molecule has 0 bridgehead atoms. The molecular formula is C26H18N6O2. The Hall–Kier alpha value is -4.85. The molecule has 0 amide bonds. The second-order valence-corrected chi connectivity index (χ2v) is 7.67. The number of hydrogen-bond donors (Lipinski definition) is 0. The Bertz CT molecular complexity index is 1770. The molecule has 6 aromatic rings. The standard InChI is InChI=1S/C26H18N6O2/c1-34-19-11-7-8-17(14-19)15-28-32-24-22(23-25(32)30-21-13-6-5-12-20(21)29-23)26(33)31(16-27-24)18-9-3-2-4-10-18/h2-16H,1H3. The van der Waals surface area contributed by atoms with E-state index in [-0.39, 0.29) is 5.56 Å². The van der Waals surface area contributed by atoms with Crippen LogP contribution < -0.4 is 10.3 Å². The fraction of sp³-hybridized carbons (Fsp3) is 0.0385. The highest BCUT2D eigenvalue weighted by Gasteiger charge is 2.20. The van der Waals surface area contributed by atoms with Crippen LogP contribution in [0.4, 0.5) is 0 Å². The summed E-state index contributed by atoms with van der Waals surface area (Å²) in [5, 5.41) is 5.00. The lowest BCUT2D eigenvalue weighted by molar-refractivity contribution is 0.415. The number of rotatable bonds is 4. The molecule has 0 unspecified atom stereocenters. The number of aromatic nitrogens is 5. The topological polar surface area (TPSA) is 87.2 Å². The average molecular weight is 446 g/mol. The molecule has 0 aliphatic carbocycles. The van der Waals surface area contributed by atoms with Crippen LogP contribution in [0, 0.1) is 0 Å². The third-order valence-corrected chi connectivity index (χ3v) is 5.59. The SMILES string of the molecule is COc1cccc(C=Nn2c3nc4ccccc4nc3c3c(=O)n(-c4ccccc4)cnc32)c1. The Balaban J connectivity index is 1.65. The molecule has 0 aliphatic heterocycles. The first-order valence-electron chi connectivity index (χ1n) is 10.7. The maximum Gasteiger partial charge on any atom is 0.269 e. The van der Waals surface area contributed by atoms with Crippen molar-refractivity contribution in [2.24, 2.45) is 5.10 Å². The second kappa shape index (κ2) is 7.93. The summed E-state index contributed by atoms with van der Waals surface area (Å²) in [6.45, 7) is 0. The highest BCUT2D eigenvalue weighted by Crippen LogP contribution is 2.25. The van der Waals surface area contributed by atoms with E-state index < -0.39 is 0 Å². The van der Waals surface area contributed by atoms with Crippen LogP contribution in [0.15, 0.2) is 95.1 Å². The maximum absolute atomic E-state index is 13.6. The number of fused-ring (bicyclic) bond motifs is 4. The van der Waals surface area contributed by atoms with Crippen LogP contribution in [0.3, 0.4) is 0 Å². The molecule has 164 valence electrons. The Morgan fingerprint density at radius 3 is 2.44 bits per heavy atom. The lowest BCUT2D eigenvalue weighted by Gasteiger charge is -2.05. The van der Waals surface area contributed by atoms with Gasteiger partial charge in [-0.3, -0.25) is 9.36 Å². The maximum atomic E-state index is 13.6. The third-order valence-electron chi connectivity index (χ3n) is 5.59. The Labute approximate surface area is 193 Å². The summed E-state index contributed by atoms with van der Waals surface area (Å²) in [5.41, 5.74) is 4.03. The summed E-state index contributed by atoms with van der Waals surface area (Å²) >= 11 is 0. The van der Waals surface area contributed by atoms with Gasteiger partial charge in [0.2, 0.25) is 0 Å². The van der Waals surface area contributed by atoms with Gasteiger partial charge in [0.1, 0.15) is 23.0 Å². The van der Waals surface area contributed by atoms with Crippen LogP contribution in [0.5, 0.6) is 5.75 Å². The van der Waals surface area contributed by atoms with Crippen LogP contribution >= 0.6 is 0 Å². The summed E-state index contributed by atoms with van der Waals surface area (Å²) in [6, 6.07) is 24.4. The van der Waals surface area contributed by atoms with E-state index in [1.165, 1.54) is 10.9 Å². The first kappa shape index (κ1) is 19.8. The molecule has 3 aromatic heterocycles. The van der Waals surface area contributed by atoms with Gasteiger partial charge in [-0.05, 0) is 42.0 Å². The average Bonchev–Trinajstić information content (AvgIpc) is 3.20. The summed E-state index contributed by atoms with van der Waals surface area (Å²) in [4.78, 5) is 27.8.